The molecule has 0 radical (unpaired) electrons. The molecule has 0 unspecified atom stereocenters. The number of ether oxygens (including phenoxy) is 3. The summed E-state index contributed by atoms with van der Waals surface area (Å²) in [6.07, 6.45) is 0. The molecule has 0 fully saturated rings. The first-order valence-corrected chi connectivity index (χ1v) is 10.1. The van der Waals surface area contributed by atoms with Crippen LogP contribution in [-0.4, -0.2) is 44.1 Å². The first kappa shape index (κ1) is 22.5. The van der Waals surface area contributed by atoms with Crippen LogP contribution < -0.4 is 9.47 Å². The van der Waals surface area contributed by atoms with Gasteiger partial charge in [-0.15, -0.1) is 0 Å². The first-order valence-electron chi connectivity index (χ1n) is 9.72. The fraction of sp³-hybridized carbons (Fsp3) is 0.304. The van der Waals surface area contributed by atoms with Crippen LogP contribution in [0.3, 0.4) is 0 Å². The van der Waals surface area contributed by atoms with E-state index in [-0.39, 0.29) is 11.7 Å². The number of benzene rings is 2. The minimum absolute atomic E-state index is 0.0630. The van der Waals surface area contributed by atoms with Gasteiger partial charge in [0.15, 0.2) is 18.1 Å². The molecule has 2 aromatic carbocycles. The number of halogens is 1. The molecule has 31 heavy (non-hydrogen) atoms. The molecule has 8 heteroatoms. The highest BCUT2D eigenvalue weighted by Gasteiger charge is 2.22. The summed E-state index contributed by atoms with van der Waals surface area (Å²) in [4.78, 5) is 26.7. The Balaban J connectivity index is 1.66. The predicted octanol–water partition coefficient (Wildman–Crippen LogP) is 4.62. The number of fused-ring (bicyclic) bond motifs is 1. The number of nitrogens with zero attached hydrogens (tertiary/aromatic N) is 1. The van der Waals surface area contributed by atoms with Crippen molar-refractivity contribution in [2.75, 3.05) is 27.4 Å². The second kappa shape index (κ2) is 9.75. The van der Waals surface area contributed by atoms with E-state index in [1.54, 1.807) is 50.3 Å². The lowest BCUT2D eigenvalue weighted by atomic mass is 10.1. The van der Waals surface area contributed by atoms with Crippen LogP contribution >= 0.6 is 11.6 Å². The van der Waals surface area contributed by atoms with E-state index >= 15 is 0 Å². The molecule has 7 nitrogen and oxygen atoms in total. The van der Waals surface area contributed by atoms with E-state index in [9.17, 15) is 9.59 Å². The monoisotopic (exact) mass is 445 g/mol. The number of esters is 1. The zero-order chi connectivity index (χ0) is 22.5. The molecule has 0 aliphatic carbocycles. The lowest BCUT2D eigenvalue weighted by Crippen LogP contribution is -2.34. The Bertz CT molecular complexity index is 1110. The number of furan rings is 1. The number of rotatable bonds is 8. The van der Waals surface area contributed by atoms with Crippen molar-refractivity contribution < 1.29 is 28.2 Å². The molecule has 1 heterocycles. The number of amides is 1. The van der Waals surface area contributed by atoms with Gasteiger partial charge in [0.25, 0.3) is 5.91 Å². The van der Waals surface area contributed by atoms with Gasteiger partial charge in [0.1, 0.15) is 5.58 Å². The SMILES string of the molecule is CCN(Cc1ccc(OC)c(OC)c1)C(=O)COC(=O)c1oc2ccc(Cl)cc2c1C. The highest BCUT2D eigenvalue weighted by Crippen LogP contribution is 2.29. The van der Waals surface area contributed by atoms with Crippen LogP contribution in [0.5, 0.6) is 11.5 Å². The molecule has 0 saturated heterocycles. The second-order valence-electron chi connectivity index (χ2n) is 6.87. The number of carbonyl (C=O) groups is 2. The summed E-state index contributed by atoms with van der Waals surface area (Å²) in [6, 6.07) is 10.5. The normalized spacial score (nSPS) is 10.7. The van der Waals surface area contributed by atoms with Gasteiger partial charge in [0, 0.05) is 29.1 Å². The maximum absolute atomic E-state index is 12.6. The largest absolute Gasteiger partial charge is 0.493 e. The highest BCUT2D eigenvalue weighted by molar-refractivity contribution is 6.31. The Morgan fingerprint density at radius 1 is 1.06 bits per heavy atom. The van der Waals surface area contributed by atoms with E-state index in [0.29, 0.717) is 40.8 Å². The molecule has 0 saturated carbocycles. The van der Waals surface area contributed by atoms with Gasteiger partial charge in [-0.2, -0.15) is 0 Å². The van der Waals surface area contributed by atoms with Crippen molar-refractivity contribution in [1.82, 2.24) is 4.90 Å². The van der Waals surface area contributed by atoms with E-state index in [2.05, 4.69) is 0 Å². The minimum Gasteiger partial charge on any atom is -0.493 e. The topological polar surface area (TPSA) is 78.2 Å². The molecule has 164 valence electrons. The molecule has 1 amide bonds. The molecule has 1 aromatic heterocycles. The Labute approximate surface area is 185 Å². The van der Waals surface area contributed by atoms with Gasteiger partial charge in [-0.05, 0) is 49.7 Å². The fourth-order valence-electron chi connectivity index (χ4n) is 3.25. The van der Waals surface area contributed by atoms with Gasteiger partial charge in [-0.1, -0.05) is 17.7 Å². The van der Waals surface area contributed by atoms with Gasteiger partial charge in [0.05, 0.1) is 14.2 Å². The van der Waals surface area contributed by atoms with Crippen LogP contribution in [0.15, 0.2) is 40.8 Å². The van der Waals surface area contributed by atoms with Crippen molar-refractivity contribution >= 4 is 34.4 Å². The maximum atomic E-state index is 12.6. The van der Waals surface area contributed by atoms with Crippen LogP contribution in [0.4, 0.5) is 0 Å². The Morgan fingerprint density at radius 3 is 2.48 bits per heavy atom. The zero-order valence-electron chi connectivity index (χ0n) is 17.9. The van der Waals surface area contributed by atoms with Crippen LogP contribution in [0.1, 0.15) is 28.6 Å². The maximum Gasteiger partial charge on any atom is 0.375 e. The van der Waals surface area contributed by atoms with Gasteiger partial charge < -0.3 is 23.5 Å². The number of hydrogen-bond donors (Lipinski definition) is 0. The van der Waals surface area contributed by atoms with E-state index < -0.39 is 12.6 Å². The molecular weight excluding hydrogens is 422 g/mol. The molecule has 0 aliphatic rings. The predicted molar refractivity (Wildman–Crippen MR) is 117 cm³/mol. The third kappa shape index (κ3) is 4.94. The van der Waals surface area contributed by atoms with E-state index in [4.69, 9.17) is 30.2 Å². The minimum atomic E-state index is -0.694. The third-order valence-electron chi connectivity index (χ3n) is 4.97. The lowest BCUT2D eigenvalue weighted by Gasteiger charge is -2.21. The fourth-order valence-corrected chi connectivity index (χ4v) is 3.42. The quantitative estimate of drug-likeness (QED) is 0.471. The van der Waals surface area contributed by atoms with Gasteiger partial charge in [-0.25, -0.2) is 4.79 Å². The Kier molecular flexibility index (Phi) is 7.07. The molecule has 0 spiro atoms. The van der Waals surface area contributed by atoms with Crippen molar-refractivity contribution in [3.8, 4) is 11.5 Å². The Hall–Kier alpha value is -3.19. The van der Waals surface area contributed by atoms with E-state index in [1.165, 1.54) is 0 Å². The van der Waals surface area contributed by atoms with Gasteiger partial charge in [0.2, 0.25) is 5.76 Å². The summed E-state index contributed by atoms with van der Waals surface area (Å²) in [5.74, 6) is 0.239. The summed E-state index contributed by atoms with van der Waals surface area (Å²) in [5, 5.41) is 1.27. The smallest absolute Gasteiger partial charge is 0.375 e. The number of hydrogen-bond acceptors (Lipinski definition) is 6. The van der Waals surface area contributed by atoms with Crippen molar-refractivity contribution in [3.63, 3.8) is 0 Å². The molecule has 3 rings (SSSR count). The van der Waals surface area contributed by atoms with Crippen molar-refractivity contribution in [1.29, 1.82) is 0 Å². The molecule has 0 atom stereocenters. The third-order valence-corrected chi connectivity index (χ3v) is 5.20. The number of carbonyl (C=O) groups excluding carboxylic acids is 2. The molecule has 0 N–H and O–H groups in total. The summed E-state index contributed by atoms with van der Waals surface area (Å²) < 4.78 is 21.4. The molecule has 0 aliphatic heterocycles. The van der Waals surface area contributed by atoms with Crippen LogP contribution in [0.2, 0.25) is 5.02 Å². The molecular formula is C23H24ClNO6. The molecule has 3 aromatic rings. The van der Waals surface area contributed by atoms with Crippen LogP contribution in [-0.2, 0) is 16.1 Å². The standard InChI is InChI=1S/C23H24ClNO6/c1-5-25(12-15-6-8-19(28-3)20(10-15)29-4)21(26)13-30-23(27)22-14(2)17-11-16(24)7-9-18(17)31-22/h6-11H,5,12-13H2,1-4H3. The Morgan fingerprint density at radius 2 is 1.81 bits per heavy atom. The van der Waals surface area contributed by atoms with Crippen molar-refractivity contribution in [3.05, 3.63) is 58.3 Å². The number of likely N-dealkylation sites (N-methyl/N-ethyl adjacent to an activating group) is 1. The highest BCUT2D eigenvalue weighted by atomic mass is 35.5. The average molecular weight is 446 g/mol. The van der Waals surface area contributed by atoms with Crippen LogP contribution in [0.25, 0.3) is 11.0 Å². The second-order valence-corrected chi connectivity index (χ2v) is 7.31. The van der Waals surface area contributed by atoms with E-state index in [0.717, 1.165) is 10.9 Å². The summed E-state index contributed by atoms with van der Waals surface area (Å²) in [6.45, 7) is 4.00. The average Bonchev–Trinajstić information content (AvgIpc) is 3.11. The van der Waals surface area contributed by atoms with Crippen molar-refractivity contribution in [2.45, 2.75) is 20.4 Å². The summed E-state index contributed by atoms with van der Waals surface area (Å²) in [5.41, 5.74) is 2.01. The molecule has 0 bridgehead atoms. The summed E-state index contributed by atoms with van der Waals surface area (Å²) in [7, 11) is 3.11. The van der Waals surface area contributed by atoms with Gasteiger partial charge >= 0.3 is 5.97 Å². The van der Waals surface area contributed by atoms with E-state index in [1.807, 2.05) is 19.1 Å². The van der Waals surface area contributed by atoms with Crippen molar-refractivity contribution in [2.24, 2.45) is 0 Å². The zero-order valence-corrected chi connectivity index (χ0v) is 18.6. The summed E-state index contributed by atoms with van der Waals surface area (Å²) >= 11 is 6.01. The first-order chi connectivity index (χ1) is 14.9. The van der Waals surface area contributed by atoms with Crippen LogP contribution in [0, 0.1) is 6.92 Å². The number of methoxy groups -OCH3 is 2. The lowest BCUT2D eigenvalue weighted by molar-refractivity contribution is -0.135. The van der Waals surface area contributed by atoms with Gasteiger partial charge in [-0.3, -0.25) is 4.79 Å². The number of aryl methyl sites for hydroxylation is 1.